The summed E-state index contributed by atoms with van der Waals surface area (Å²) in [6.45, 7) is 5.77. The zero-order chi connectivity index (χ0) is 19.6. The van der Waals surface area contributed by atoms with Gasteiger partial charge in [0.2, 0.25) is 0 Å². The monoisotopic (exact) mass is 366 g/mol. The number of anilines is 1. The van der Waals surface area contributed by atoms with Crippen LogP contribution in [-0.4, -0.2) is 11.0 Å². The number of aromatic nitrogens is 1. The Bertz CT molecular complexity index is 1020. The summed E-state index contributed by atoms with van der Waals surface area (Å²) in [5.41, 5.74) is 2.11. The van der Waals surface area contributed by atoms with E-state index in [9.17, 15) is 9.18 Å². The third kappa shape index (κ3) is 3.90. The van der Waals surface area contributed by atoms with Crippen molar-refractivity contribution >= 4 is 22.7 Å². The smallest absolute Gasteiger partial charge is 0.319 e. The van der Waals surface area contributed by atoms with Gasteiger partial charge in [-0.15, -0.1) is 0 Å². The second kappa shape index (κ2) is 7.46. The molecule has 0 bridgehead atoms. The quantitative estimate of drug-likeness (QED) is 0.702. The third-order valence-corrected chi connectivity index (χ3v) is 4.31. The van der Waals surface area contributed by atoms with Gasteiger partial charge in [0.05, 0.1) is 17.9 Å². The van der Waals surface area contributed by atoms with Crippen LogP contribution in [0.25, 0.3) is 11.0 Å². The van der Waals surface area contributed by atoms with E-state index in [1.54, 1.807) is 12.1 Å². The predicted octanol–water partition coefficient (Wildman–Crippen LogP) is 4.67. The topological polar surface area (TPSA) is 91.0 Å². The Hall–Kier alpha value is -3.40. The number of fused-ring (bicyclic) bond motifs is 1. The molecular formula is C20H19FN4O2. The van der Waals surface area contributed by atoms with Crippen molar-refractivity contribution in [1.82, 2.24) is 10.3 Å². The Morgan fingerprint density at radius 3 is 2.70 bits per heavy atom. The van der Waals surface area contributed by atoms with Crippen LogP contribution in [-0.2, 0) is 0 Å². The van der Waals surface area contributed by atoms with Crippen molar-refractivity contribution in [2.24, 2.45) is 5.92 Å². The molecule has 7 heteroatoms. The first-order chi connectivity index (χ1) is 12.9. The summed E-state index contributed by atoms with van der Waals surface area (Å²) >= 11 is 0. The van der Waals surface area contributed by atoms with Crippen LogP contribution in [0.4, 0.5) is 14.9 Å². The summed E-state index contributed by atoms with van der Waals surface area (Å²) in [5, 5.41) is 15.0. The molecule has 2 N–H and O–H groups in total. The van der Waals surface area contributed by atoms with Gasteiger partial charge in [-0.25, -0.2) is 14.2 Å². The average molecular weight is 366 g/mol. The normalized spacial score (nSPS) is 12.0. The van der Waals surface area contributed by atoms with Crippen molar-refractivity contribution in [3.8, 4) is 6.07 Å². The van der Waals surface area contributed by atoms with Crippen LogP contribution in [0.5, 0.6) is 0 Å². The molecule has 0 aliphatic heterocycles. The summed E-state index contributed by atoms with van der Waals surface area (Å²) in [6.07, 6.45) is 1.41. The molecule has 1 atom stereocenters. The third-order valence-electron chi connectivity index (χ3n) is 4.31. The minimum atomic E-state index is -0.425. The number of amides is 2. The summed E-state index contributed by atoms with van der Waals surface area (Å²) in [7, 11) is 0. The van der Waals surface area contributed by atoms with Gasteiger partial charge in [-0.05, 0) is 43.2 Å². The van der Waals surface area contributed by atoms with E-state index in [-0.39, 0.29) is 17.4 Å². The highest BCUT2D eigenvalue weighted by molar-refractivity contribution is 5.89. The lowest BCUT2D eigenvalue weighted by Gasteiger charge is -2.21. The number of benzene rings is 1. The zero-order valence-corrected chi connectivity index (χ0v) is 15.2. The van der Waals surface area contributed by atoms with Gasteiger partial charge in [-0.1, -0.05) is 13.8 Å². The highest BCUT2D eigenvalue weighted by Gasteiger charge is 2.25. The van der Waals surface area contributed by atoms with Crippen molar-refractivity contribution in [2.75, 3.05) is 5.32 Å². The number of urea groups is 1. The predicted molar refractivity (Wildman–Crippen MR) is 99.6 cm³/mol. The molecule has 2 aromatic heterocycles. The number of nitrogens with one attached hydrogen (secondary N) is 2. The Morgan fingerprint density at radius 2 is 2.07 bits per heavy atom. The van der Waals surface area contributed by atoms with Crippen LogP contribution >= 0.6 is 0 Å². The lowest BCUT2D eigenvalue weighted by atomic mass is 9.98. The Balaban J connectivity index is 1.82. The molecule has 2 amide bonds. The van der Waals surface area contributed by atoms with Crippen LogP contribution in [0.3, 0.4) is 0 Å². The molecule has 27 heavy (non-hydrogen) atoms. The first kappa shape index (κ1) is 18.4. The Morgan fingerprint density at radius 1 is 1.30 bits per heavy atom. The van der Waals surface area contributed by atoms with Gasteiger partial charge in [0.15, 0.2) is 0 Å². The van der Waals surface area contributed by atoms with Crippen LogP contribution < -0.4 is 10.6 Å². The van der Waals surface area contributed by atoms with Crippen molar-refractivity contribution in [3.05, 3.63) is 59.4 Å². The molecule has 3 rings (SSSR count). The SMILES string of the molecule is Cc1c([C@@H](NC(=O)Nc2ccc(C#N)nc2)C(C)C)oc2ccc(F)cc12. The highest BCUT2D eigenvalue weighted by Crippen LogP contribution is 2.33. The van der Waals surface area contributed by atoms with Crippen LogP contribution in [0, 0.1) is 30.0 Å². The molecule has 0 fully saturated rings. The van der Waals surface area contributed by atoms with E-state index in [4.69, 9.17) is 9.68 Å². The van der Waals surface area contributed by atoms with Gasteiger partial charge in [0.1, 0.15) is 28.9 Å². The molecule has 1 aromatic carbocycles. The highest BCUT2D eigenvalue weighted by atomic mass is 19.1. The molecule has 2 heterocycles. The fraction of sp³-hybridized carbons (Fsp3) is 0.250. The molecule has 3 aromatic rings. The standard InChI is InChI=1S/C20H19FN4O2/c1-11(2)18(19-12(3)16-8-13(21)4-7-17(16)27-19)25-20(26)24-15-6-5-14(9-22)23-10-15/h4-8,10-11,18H,1-3H3,(H2,24,25,26)/t18-/m0/s1. The van der Waals surface area contributed by atoms with Crippen molar-refractivity contribution in [1.29, 1.82) is 5.26 Å². The van der Waals surface area contributed by atoms with E-state index in [1.807, 2.05) is 26.8 Å². The molecule has 0 aliphatic carbocycles. The van der Waals surface area contributed by atoms with Gasteiger partial charge >= 0.3 is 6.03 Å². The molecule has 138 valence electrons. The lowest BCUT2D eigenvalue weighted by Crippen LogP contribution is -2.35. The molecule has 0 aliphatic rings. The number of rotatable bonds is 4. The van der Waals surface area contributed by atoms with Gasteiger partial charge in [-0.2, -0.15) is 5.26 Å². The summed E-state index contributed by atoms with van der Waals surface area (Å²) in [6, 6.07) is 8.58. The summed E-state index contributed by atoms with van der Waals surface area (Å²) in [4.78, 5) is 16.3. The van der Waals surface area contributed by atoms with Gasteiger partial charge in [-0.3, -0.25) is 0 Å². The van der Waals surface area contributed by atoms with Crippen molar-refractivity contribution < 1.29 is 13.6 Å². The number of furan rings is 1. The molecule has 0 spiro atoms. The van der Waals surface area contributed by atoms with E-state index >= 15 is 0 Å². The zero-order valence-electron chi connectivity index (χ0n) is 15.2. The van der Waals surface area contributed by atoms with Gasteiger partial charge in [0, 0.05) is 10.9 Å². The number of carbonyl (C=O) groups excluding carboxylic acids is 1. The molecule has 0 unspecified atom stereocenters. The maximum atomic E-state index is 13.5. The van der Waals surface area contributed by atoms with Crippen LogP contribution in [0.15, 0.2) is 40.9 Å². The second-order valence-corrected chi connectivity index (χ2v) is 6.60. The molecule has 0 saturated carbocycles. The van der Waals surface area contributed by atoms with Crippen molar-refractivity contribution in [2.45, 2.75) is 26.8 Å². The fourth-order valence-corrected chi connectivity index (χ4v) is 2.89. The number of hydrogen-bond acceptors (Lipinski definition) is 4. The van der Waals surface area contributed by atoms with Gasteiger partial charge in [0.25, 0.3) is 0 Å². The maximum Gasteiger partial charge on any atom is 0.319 e. The minimum Gasteiger partial charge on any atom is -0.459 e. The van der Waals surface area contributed by atoms with Crippen LogP contribution in [0.1, 0.15) is 36.9 Å². The van der Waals surface area contributed by atoms with E-state index < -0.39 is 12.1 Å². The fourth-order valence-electron chi connectivity index (χ4n) is 2.89. The number of pyridine rings is 1. The van der Waals surface area contributed by atoms with Crippen molar-refractivity contribution in [3.63, 3.8) is 0 Å². The first-order valence-electron chi connectivity index (χ1n) is 8.51. The Kier molecular flexibility index (Phi) is 5.08. The number of carbonyl (C=O) groups is 1. The second-order valence-electron chi connectivity index (χ2n) is 6.60. The van der Waals surface area contributed by atoms with Crippen LogP contribution in [0.2, 0.25) is 0 Å². The average Bonchev–Trinajstić information content (AvgIpc) is 2.96. The molecule has 0 radical (unpaired) electrons. The first-order valence-corrected chi connectivity index (χ1v) is 8.51. The Labute approximate surface area is 156 Å². The summed E-state index contributed by atoms with van der Waals surface area (Å²) < 4.78 is 19.4. The lowest BCUT2D eigenvalue weighted by molar-refractivity contribution is 0.241. The number of nitriles is 1. The largest absolute Gasteiger partial charge is 0.459 e. The number of halogens is 1. The van der Waals surface area contributed by atoms with E-state index in [2.05, 4.69) is 15.6 Å². The molecule has 6 nitrogen and oxygen atoms in total. The van der Waals surface area contributed by atoms with E-state index in [0.29, 0.717) is 22.4 Å². The van der Waals surface area contributed by atoms with E-state index in [0.717, 1.165) is 5.56 Å². The molecular weight excluding hydrogens is 347 g/mol. The summed E-state index contributed by atoms with van der Waals surface area (Å²) in [5.74, 6) is 0.302. The minimum absolute atomic E-state index is 0.0407. The maximum absolute atomic E-state index is 13.5. The van der Waals surface area contributed by atoms with Gasteiger partial charge < -0.3 is 15.1 Å². The molecule has 0 saturated heterocycles. The number of aryl methyl sites for hydroxylation is 1. The van der Waals surface area contributed by atoms with E-state index in [1.165, 1.54) is 24.4 Å². The number of nitrogens with zero attached hydrogens (tertiary/aromatic N) is 2. The number of hydrogen-bond donors (Lipinski definition) is 2.